The fourth-order valence-corrected chi connectivity index (χ4v) is 3.02. The molecule has 0 saturated carbocycles. The van der Waals surface area contributed by atoms with Crippen molar-refractivity contribution in [1.29, 1.82) is 0 Å². The number of carbonyl (C=O) groups excluding carboxylic acids is 1. The van der Waals surface area contributed by atoms with E-state index >= 15 is 0 Å². The van der Waals surface area contributed by atoms with Crippen molar-refractivity contribution >= 4 is 17.3 Å². The molecule has 2 aromatic rings. The van der Waals surface area contributed by atoms with Crippen molar-refractivity contribution in [3.8, 4) is 0 Å². The molecule has 4 heteroatoms. The largest absolute Gasteiger partial charge is 0.465 e. The highest BCUT2D eigenvalue weighted by molar-refractivity contribution is 5.89. The minimum Gasteiger partial charge on any atom is -0.465 e. The van der Waals surface area contributed by atoms with E-state index in [9.17, 15) is 4.79 Å². The van der Waals surface area contributed by atoms with Crippen LogP contribution in [0.25, 0.3) is 0 Å². The van der Waals surface area contributed by atoms with E-state index in [0.717, 1.165) is 17.8 Å². The number of nitrogens with one attached hydrogen (secondary N) is 1. The molecule has 3 rings (SSSR count). The van der Waals surface area contributed by atoms with E-state index in [1.807, 2.05) is 12.1 Å². The summed E-state index contributed by atoms with van der Waals surface area (Å²) in [6, 6.07) is 16.1. The van der Waals surface area contributed by atoms with Gasteiger partial charge in [-0.2, -0.15) is 0 Å². The molecule has 0 radical (unpaired) electrons. The minimum absolute atomic E-state index is 0.303. The van der Waals surface area contributed by atoms with Gasteiger partial charge in [0.05, 0.1) is 12.7 Å². The van der Waals surface area contributed by atoms with Crippen molar-refractivity contribution in [3.63, 3.8) is 0 Å². The number of hydrogen-bond acceptors (Lipinski definition) is 4. The van der Waals surface area contributed by atoms with Gasteiger partial charge in [0.1, 0.15) is 0 Å². The molecular formula is C20H24N2O2. The molecule has 0 amide bonds. The first kappa shape index (κ1) is 16.4. The van der Waals surface area contributed by atoms with Crippen LogP contribution in [0.15, 0.2) is 48.5 Å². The fraction of sp³-hybridized carbons (Fsp3) is 0.350. The van der Waals surface area contributed by atoms with Gasteiger partial charge in [0.2, 0.25) is 0 Å². The normalized spacial score (nSPS) is 14.3. The van der Waals surface area contributed by atoms with E-state index in [2.05, 4.69) is 34.5 Å². The Kier molecular flexibility index (Phi) is 5.36. The standard InChI is InChI=1S/C20H24N2O2/c1-24-20(23)17-7-5-16(6-8-17)15-21-18-9-11-19(12-10-18)22-13-3-2-4-14-22/h5-12,21H,2-4,13-15H2,1H3. The molecular weight excluding hydrogens is 300 g/mol. The molecule has 1 N–H and O–H groups in total. The summed E-state index contributed by atoms with van der Waals surface area (Å²) in [6.07, 6.45) is 3.94. The average Bonchev–Trinajstić information content (AvgIpc) is 2.67. The number of methoxy groups -OCH3 is 1. The maximum Gasteiger partial charge on any atom is 0.337 e. The Morgan fingerprint density at radius 3 is 2.29 bits per heavy atom. The minimum atomic E-state index is -0.303. The number of ether oxygens (including phenoxy) is 1. The van der Waals surface area contributed by atoms with Crippen LogP contribution in [0.3, 0.4) is 0 Å². The molecule has 0 unspecified atom stereocenters. The number of piperidine rings is 1. The van der Waals surface area contributed by atoms with Crippen LogP contribution in [0.4, 0.5) is 11.4 Å². The third-order valence-corrected chi connectivity index (χ3v) is 4.46. The summed E-state index contributed by atoms with van der Waals surface area (Å²) in [4.78, 5) is 13.9. The van der Waals surface area contributed by atoms with Gasteiger partial charge in [-0.05, 0) is 61.2 Å². The van der Waals surface area contributed by atoms with Gasteiger partial charge in [0.15, 0.2) is 0 Å². The second-order valence-corrected chi connectivity index (χ2v) is 6.14. The Labute approximate surface area is 143 Å². The molecule has 24 heavy (non-hydrogen) atoms. The predicted molar refractivity (Wildman–Crippen MR) is 97.6 cm³/mol. The van der Waals surface area contributed by atoms with Crippen molar-refractivity contribution in [2.45, 2.75) is 25.8 Å². The fourth-order valence-electron chi connectivity index (χ4n) is 3.02. The second kappa shape index (κ2) is 7.86. The SMILES string of the molecule is COC(=O)c1ccc(CNc2ccc(N3CCCCC3)cc2)cc1. The molecule has 0 atom stereocenters. The lowest BCUT2D eigenvalue weighted by molar-refractivity contribution is 0.0600. The number of anilines is 2. The van der Waals surface area contributed by atoms with Crippen molar-refractivity contribution in [2.75, 3.05) is 30.4 Å². The van der Waals surface area contributed by atoms with Gasteiger partial charge < -0.3 is 15.0 Å². The molecule has 0 spiro atoms. The van der Waals surface area contributed by atoms with Gasteiger partial charge in [-0.25, -0.2) is 4.79 Å². The number of esters is 1. The van der Waals surface area contributed by atoms with Crippen LogP contribution in [0.5, 0.6) is 0 Å². The van der Waals surface area contributed by atoms with E-state index in [4.69, 9.17) is 4.74 Å². The van der Waals surface area contributed by atoms with Crippen LogP contribution in [0, 0.1) is 0 Å². The van der Waals surface area contributed by atoms with Crippen LogP contribution in [-0.2, 0) is 11.3 Å². The van der Waals surface area contributed by atoms with Crippen molar-refractivity contribution in [2.24, 2.45) is 0 Å². The Balaban J connectivity index is 1.55. The lowest BCUT2D eigenvalue weighted by Gasteiger charge is -2.28. The van der Waals surface area contributed by atoms with Gasteiger partial charge in [0, 0.05) is 31.0 Å². The Morgan fingerprint density at radius 1 is 1.00 bits per heavy atom. The summed E-state index contributed by atoms with van der Waals surface area (Å²) in [7, 11) is 1.39. The maximum absolute atomic E-state index is 11.4. The van der Waals surface area contributed by atoms with E-state index < -0.39 is 0 Å². The molecule has 4 nitrogen and oxygen atoms in total. The summed E-state index contributed by atoms with van der Waals surface area (Å²) >= 11 is 0. The molecule has 126 valence electrons. The van der Waals surface area contributed by atoms with Crippen molar-refractivity contribution in [3.05, 3.63) is 59.7 Å². The molecule has 1 aliphatic heterocycles. The summed E-state index contributed by atoms with van der Waals surface area (Å²) in [6.45, 7) is 3.06. The van der Waals surface area contributed by atoms with E-state index in [1.165, 1.54) is 45.1 Å². The highest BCUT2D eigenvalue weighted by atomic mass is 16.5. The topological polar surface area (TPSA) is 41.6 Å². The molecule has 0 bridgehead atoms. The number of nitrogens with zero attached hydrogens (tertiary/aromatic N) is 1. The summed E-state index contributed by atoms with van der Waals surface area (Å²) in [5.74, 6) is -0.303. The lowest BCUT2D eigenvalue weighted by Crippen LogP contribution is -2.29. The smallest absolute Gasteiger partial charge is 0.337 e. The van der Waals surface area contributed by atoms with Crippen LogP contribution in [0.2, 0.25) is 0 Å². The number of rotatable bonds is 5. The second-order valence-electron chi connectivity index (χ2n) is 6.14. The Hall–Kier alpha value is -2.49. The Morgan fingerprint density at radius 2 is 1.67 bits per heavy atom. The van der Waals surface area contributed by atoms with E-state index in [0.29, 0.717) is 5.56 Å². The maximum atomic E-state index is 11.4. The zero-order valence-corrected chi connectivity index (χ0v) is 14.1. The lowest BCUT2D eigenvalue weighted by atomic mass is 10.1. The molecule has 0 aliphatic carbocycles. The van der Waals surface area contributed by atoms with Gasteiger partial charge in [-0.15, -0.1) is 0 Å². The Bertz CT molecular complexity index is 659. The quantitative estimate of drug-likeness (QED) is 0.842. The number of hydrogen-bond donors (Lipinski definition) is 1. The first-order valence-electron chi connectivity index (χ1n) is 8.52. The third-order valence-electron chi connectivity index (χ3n) is 4.46. The molecule has 1 fully saturated rings. The van der Waals surface area contributed by atoms with Crippen LogP contribution in [-0.4, -0.2) is 26.2 Å². The van der Waals surface area contributed by atoms with Gasteiger partial charge in [-0.3, -0.25) is 0 Å². The first-order chi connectivity index (χ1) is 11.8. The van der Waals surface area contributed by atoms with E-state index in [1.54, 1.807) is 12.1 Å². The van der Waals surface area contributed by atoms with Crippen LogP contribution in [0.1, 0.15) is 35.2 Å². The van der Waals surface area contributed by atoms with Gasteiger partial charge >= 0.3 is 5.97 Å². The highest BCUT2D eigenvalue weighted by Gasteiger charge is 2.10. The zero-order valence-electron chi connectivity index (χ0n) is 14.1. The van der Waals surface area contributed by atoms with Crippen molar-refractivity contribution in [1.82, 2.24) is 0 Å². The summed E-state index contributed by atoms with van der Waals surface area (Å²) < 4.78 is 4.71. The van der Waals surface area contributed by atoms with Crippen molar-refractivity contribution < 1.29 is 9.53 Å². The average molecular weight is 324 g/mol. The first-order valence-corrected chi connectivity index (χ1v) is 8.52. The third kappa shape index (κ3) is 4.07. The monoisotopic (exact) mass is 324 g/mol. The molecule has 2 aromatic carbocycles. The number of carbonyl (C=O) groups is 1. The van der Waals surface area contributed by atoms with E-state index in [-0.39, 0.29) is 5.97 Å². The molecule has 1 heterocycles. The van der Waals surface area contributed by atoms with Crippen LogP contribution >= 0.6 is 0 Å². The van der Waals surface area contributed by atoms with Gasteiger partial charge in [-0.1, -0.05) is 12.1 Å². The summed E-state index contributed by atoms with van der Waals surface area (Å²) in [5, 5.41) is 3.42. The predicted octanol–water partition coefficient (Wildman–Crippen LogP) is 4.08. The van der Waals surface area contributed by atoms with Gasteiger partial charge in [0.25, 0.3) is 0 Å². The highest BCUT2D eigenvalue weighted by Crippen LogP contribution is 2.22. The summed E-state index contributed by atoms with van der Waals surface area (Å²) in [5.41, 5.74) is 4.12. The number of benzene rings is 2. The molecule has 1 saturated heterocycles. The molecule has 1 aliphatic rings. The zero-order chi connectivity index (χ0) is 16.8. The van der Waals surface area contributed by atoms with Crippen LogP contribution < -0.4 is 10.2 Å². The molecule has 0 aromatic heterocycles.